The van der Waals surface area contributed by atoms with Crippen LogP contribution in [0.5, 0.6) is 0 Å². The van der Waals surface area contributed by atoms with Gasteiger partial charge in [-0.2, -0.15) is 4.98 Å². The van der Waals surface area contributed by atoms with E-state index in [4.69, 9.17) is 4.52 Å². The minimum Gasteiger partial charge on any atom is -0.338 e. The molecule has 1 saturated heterocycles. The van der Waals surface area contributed by atoms with Crippen molar-refractivity contribution >= 4 is 0 Å². The van der Waals surface area contributed by atoms with Gasteiger partial charge in [-0.05, 0) is 13.0 Å². The Labute approximate surface area is 109 Å². The summed E-state index contributed by atoms with van der Waals surface area (Å²) in [5.41, 5.74) is 0. The normalized spacial score (nSPS) is 18.3. The van der Waals surface area contributed by atoms with Crippen molar-refractivity contribution in [1.82, 2.24) is 19.9 Å². The summed E-state index contributed by atoms with van der Waals surface area (Å²) in [6, 6.07) is 0. The molecule has 0 radical (unpaired) electrons. The van der Waals surface area contributed by atoms with Crippen molar-refractivity contribution in [2.24, 2.45) is 0 Å². The molecule has 0 spiro atoms. The molecule has 0 unspecified atom stereocenters. The molecule has 2 heterocycles. The first kappa shape index (κ1) is 13.5. The Bertz CT molecular complexity index is 345. The Morgan fingerprint density at radius 2 is 1.83 bits per heavy atom. The summed E-state index contributed by atoms with van der Waals surface area (Å²) in [5, 5.41) is 4.03. The zero-order valence-electron chi connectivity index (χ0n) is 11.6. The van der Waals surface area contributed by atoms with E-state index in [1.165, 1.54) is 6.42 Å². The second-order valence-corrected chi connectivity index (χ2v) is 4.92. The van der Waals surface area contributed by atoms with Crippen molar-refractivity contribution in [3.8, 4) is 0 Å². The van der Waals surface area contributed by atoms with Gasteiger partial charge < -0.3 is 9.42 Å². The Morgan fingerprint density at radius 3 is 2.50 bits per heavy atom. The highest BCUT2D eigenvalue weighted by atomic mass is 16.5. The van der Waals surface area contributed by atoms with E-state index in [0.29, 0.717) is 0 Å². The second-order valence-electron chi connectivity index (χ2n) is 4.92. The lowest BCUT2D eigenvalue weighted by Crippen LogP contribution is -2.45. The van der Waals surface area contributed by atoms with E-state index in [0.717, 1.165) is 63.8 Å². The molecule has 1 aliphatic heterocycles. The maximum atomic E-state index is 5.30. The maximum Gasteiger partial charge on any atom is 0.240 e. The van der Waals surface area contributed by atoms with Crippen LogP contribution in [0.15, 0.2) is 4.52 Å². The van der Waals surface area contributed by atoms with E-state index in [1.54, 1.807) is 0 Å². The third-order valence-corrected chi connectivity index (χ3v) is 3.54. The molecule has 0 bridgehead atoms. The van der Waals surface area contributed by atoms with Gasteiger partial charge in [-0.25, -0.2) is 0 Å². The largest absolute Gasteiger partial charge is 0.338 e. The van der Waals surface area contributed by atoms with E-state index in [9.17, 15) is 0 Å². The van der Waals surface area contributed by atoms with Gasteiger partial charge in [0.2, 0.25) is 5.89 Å². The molecule has 2 rings (SSSR count). The molecule has 0 aromatic carbocycles. The third kappa shape index (κ3) is 3.78. The molecule has 5 heteroatoms. The second kappa shape index (κ2) is 6.85. The smallest absolute Gasteiger partial charge is 0.240 e. The van der Waals surface area contributed by atoms with Gasteiger partial charge in [0, 0.05) is 32.6 Å². The number of unbranched alkanes of at least 4 members (excludes halogenated alkanes) is 1. The number of aryl methyl sites for hydroxylation is 1. The Kier molecular flexibility index (Phi) is 5.13. The topological polar surface area (TPSA) is 45.4 Å². The molecule has 102 valence electrons. The highest BCUT2D eigenvalue weighted by Crippen LogP contribution is 2.08. The summed E-state index contributed by atoms with van der Waals surface area (Å²) < 4.78 is 5.30. The molecule has 1 fully saturated rings. The van der Waals surface area contributed by atoms with Gasteiger partial charge in [0.25, 0.3) is 0 Å². The lowest BCUT2D eigenvalue weighted by molar-refractivity contribution is 0.121. The van der Waals surface area contributed by atoms with Crippen LogP contribution in [0.4, 0.5) is 0 Å². The molecule has 0 amide bonds. The standard InChI is InChI=1S/C13H24N4O/c1-3-5-6-12-14-13(18-15-12)11-17-9-7-16(4-2)8-10-17/h3-11H2,1-2H3. The van der Waals surface area contributed by atoms with Crippen LogP contribution in [0, 0.1) is 0 Å². The Balaban J connectivity index is 1.77. The molecule has 18 heavy (non-hydrogen) atoms. The Morgan fingerprint density at radius 1 is 1.11 bits per heavy atom. The minimum atomic E-state index is 0.769. The number of likely N-dealkylation sites (N-methyl/N-ethyl adjacent to an activating group) is 1. The van der Waals surface area contributed by atoms with Crippen LogP contribution in [0.25, 0.3) is 0 Å². The molecule has 0 N–H and O–H groups in total. The molecule has 0 saturated carbocycles. The van der Waals surface area contributed by atoms with Gasteiger partial charge >= 0.3 is 0 Å². The predicted octanol–water partition coefficient (Wildman–Crippen LogP) is 1.55. The van der Waals surface area contributed by atoms with Crippen molar-refractivity contribution in [2.45, 2.75) is 39.7 Å². The predicted molar refractivity (Wildman–Crippen MR) is 70.3 cm³/mol. The minimum absolute atomic E-state index is 0.769. The molecule has 1 aromatic heterocycles. The first-order valence-electron chi connectivity index (χ1n) is 7.08. The fraction of sp³-hybridized carbons (Fsp3) is 0.846. The van der Waals surface area contributed by atoms with Gasteiger partial charge in [0.05, 0.1) is 6.54 Å². The fourth-order valence-corrected chi connectivity index (χ4v) is 2.25. The highest BCUT2D eigenvalue weighted by molar-refractivity contribution is 4.87. The van der Waals surface area contributed by atoms with Crippen molar-refractivity contribution in [2.75, 3.05) is 32.7 Å². The van der Waals surface area contributed by atoms with Crippen molar-refractivity contribution < 1.29 is 4.52 Å². The zero-order chi connectivity index (χ0) is 12.8. The summed E-state index contributed by atoms with van der Waals surface area (Å²) in [5.74, 6) is 1.63. The quantitative estimate of drug-likeness (QED) is 0.768. The number of piperazine rings is 1. The average Bonchev–Trinajstić information content (AvgIpc) is 2.85. The number of hydrogen-bond donors (Lipinski definition) is 0. The van der Waals surface area contributed by atoms with Gasteiger partial charge in [-0.1, -0.05) is 25.4 Å². The van der Waals surface area contributed by atoms with Crippen LogP contribution in [0.1, 0.15) is 38.4 Å². The van der Waals surface area contributed by atoms with Crippen molar-refractivity contribution in [1.29, 1.82) is 0 Å². The van der Waals surface area contributed by atoms with Crippen LogP contribution < -0.4 is 0 Å². The van der Waals surface area contributed by atoms with Gasteiger partial charge in [0.15, 0.2) is 5.82 Å². The average molecular weight is 252 g/mol. The van der Waals surface area contributed by atoms with Crippen LogP contribution in [0.2, 0.25) is 0 Å². The molecule has 1 aliphatic rings. The van der Waals surface area contributed by atoms with Gasteiger partial charge in [-0.3, -0.25) is 4.90 Å². The van der Waals surface area contributed by atoms with Crippen LogP contribution in [-0.2, 0) is 13.0 Å². The van der Waals surface area contributed by atoms with E-state index in [1.807, 2.05) is 0 Å². The van der Waals surface area contributed by atoms with E-state index >= 15 is 0 Å². The summed E-state index contributed by atoms with van der Waals surface area (Å²) in [4.78, 5) is 9.31. The molecule has 0 atom stereocenters. The summed E-state index contributed by atoms with van der Waals surface area (Å²) in [6.45, 7) is 10.8. The molecule has 0 aliphatic carbocycles. The van der Waals surface area contributed by atoms with E-state index < -0.39 is 0 Å². The van der Waals surface area contributed by atoms with Crippen LogP contribution in [-0.4, -0.2) is 52.7 Å². The monoisotopic (exact) mass is 252 g/mol. The SMILES string of the molecule is CCCCc1noc(CN2CCN(CC)CC2)n1. The summed E-state index contributed by atoms with van der Waals surface area (Å²) in [7, 11) is 0. The number of nitrogens with zero attached hydrogens (tertiary/aromatic N) is 4. The van der Waals surface area contributed by atoms with Crippen molar-refractivity contribution in [3.05, 3.63) is 11.7 Å². The molecular weight excluding hydrogens is 228 g/mol. The van der Waals surface area contributed by atoms with E-state index in [-0.39, 0.29) is 0 Å². The first-order valence-corrected chi connectivity index (χ1v) is 7.08. The molecular formula is C13H24N4O. The fourth-order valence-electron chi connectivity index (χ4n) is 2.25. The number of aromatic nitrogens is 2. The Hall–Kier alpha value is -0.940. The van der Waals surface area contributed by atoms with Gasteiger partial charge in [-0.15, -0.1) is 0 Å². The highest BCUT2D eigenvalue weighted by Gasteiger charge is 2.17. The molecule has 5 nitrogen and oxygen atoms in total. The zero-order valence-corrected chi connectivity index (χ0v) is 11.6. The van der Waals surface area contributed by atoms with Crippen molar-refractivity contribution in [3.63, 3.8) is 0 Å². The summed E-state index contributed by atoms with van der Waals surface area (Å²) >= 11 is 0. The first-order chi connectivity index (χ1) is 8.81. The van der Waals surface area contributed by atoms with Crippen LogP contribution >= 0.6 is 0 Å². The molecule has 1 aromatic rings. The maximum absolute atomic E-state index is 5.30. The lowest BCUT2D eigenvalue weighted by atomic mass is 10.2. The number of hydrogen-bond acceptors (Lipinski definition) is 5. The van der Waals surface area contributed by atoms with E-state index in [2.05, 4.69) is 33.8 Å². The third-order valence-electron chi connectivity index (χ3n) is 3.54. The summed E-state index contributed by atoms with van der Waals surface area (Å²) in [6.07, 6.45) is 3.24. The van der Waals surface area contributed by atoms with Gasteiger partial charge in [0.1, 0.15) is 0 Å². The lowest BCUT2D eigenvalue weighted by Gasteiger charge is -2.33. The number of rotatable bonds is 6. The van der Waals surface area contributed by atoms with Crippen LogP contribution in [0.3, 0.4) is 0 Å².